The Hall–Kier alpha value is -2.51. The van der Waals surface area contributed by atoms with E-state index in [2.05, 4.69) is 44.2 Å². The summed E-state index contributed by atoms with van der Waals surface area (Å²) in [6, 6.07) is 8.61. The molecule has 1 atom stereocenters. The first-order chi connectivity index (χ1) is 11.9. The van der Waals surface area contributed by atoms with Crippen molar-refractivity contribution in [1.82, 2.24) is 29.2 Å². The van der Waals surface area contributed by atoms with Gasteiger partial charge in [-0.1, -0.05) is 12.1 Å². The highest BCUT2D eigenvalue weighted by atomic mass is 16.5. The van der Waals surface area contributed by atoms with Crippen molar-refractivity contribution in [2.24, 2.45) is 0 Å². The number of morpholine rings is 1. The molecule has 0 aliphatic carbocycles. The standard InChI is InChI=1S/C17H20N6O/c1-3-16(22-6-5-18-13-22)4-2-15(1)9-21-7-8-24-17(10-21)11-23-14-19-12-20-23/h1-6,12-14,17H,7-11H2/t17-/m0/s1. The first-order valence-electron chi connectivity index (χ1n) is 8.10. The first-order valence-corrected chi connectivity index (χ1v) is 8.10. The molecule has 0 unspecified atom stereocenters. The van der Waals surface area contributed by atoms with E-state index in [1.54, 1.807) is 18.9 Å². The molecule has 0 amide bonds. The van der Waals surface area contributed by atoms with E-state index < -0.39 is 0 Å². The molecule has 0 radical (unpaired) electrons. The zero-order valence-electron chi connectivity index (χ0n) is 13.4. The quantitative estimate of drug-likeness (QED) is 0.709. The van der Waals surface area contributed by atoms with Crippen LogP contribution >= 0.6 is 0 Å². The third-order valence-corrected chi connectivity index (χ3v) is 4.23. The highest BCUT2D eigenvalue weighted by Crippen LogP contribution is 2.14. The topological polar surface area (TPSA) is 61.0 Å². The lowest BCUT2D eigenvalue weighted by molar-refractivity contribution is -0.0402. The second-order valence-corrected chi connectivity index (χ2v) is 5.98. The van der Waals surface area contributed by atoms with Crippen LogP contribution < -0.4 is 0 Å². The zero-order chi connectivity index (χ0) is 16.2. The molecule has 2 aromatic heterocycles. The van der Waals surface area contributed by atoms with E-state index in [1.165, 1.54) is 5.56 Å². The Labute approximate surface area is 140 Å². The highest BCUT2D eigenvalue weighted by Gasteiger charge is 2.21. The summed E-state index contributed by atoms with van der Waals surface area (Å²) >= 11 is 0. The van der Waals surface area contributed by atoms with Crippen LogP contribution in [0.2, 0.25) is 0 Å². The summed E-state index contributed by atoms with van der Waals surface area (Å²) in [7, 11) is 0. The largest absolute Gasteiger partial charge is 0.374 e. The van der Waals surface area contributed by atoms with E-state index in [0.29, 0.717) is 0 Å². The van der Waals surface area contributed by atoms with E-state index in [0.717, 1.165) is 38.5 Å². The second kappa shape index (κ2) is 6.94. The molecule has 3 aromatic rings. The van der Waals surface area contributed by atoms with Gasteiger partial charge in [0.2, 0.25) is 0 Å². The molecule has 1 aliphatic rings. The summed E-state index contributed by atoms with van der Waals surface area (Å²) in [6.07, 6.45) is 9.00. The molecule has 1 fully saturated rings. The van der Waals surface area contributed by atoms with Crippen molar-refractivity contribution in [2.75, 3.05) is 19.7 Å². The monoisotopic (exact) mass is 324 g/mol. The van der Waals surface area contributed by atoms with Gasteiger partial charge in [0.25, 0.3) is 0 Å². The second-order valence-electron chi connectivity index (χ2n) is 5.98. The summed E-state index contributed by atoms with van der Waals surface area (Å²) in [4.78, 5) is 10.5. The van der Waals surface area contributed by atoms with Gasteiger partial charge in [0, 0.05) is 37.7 Å². The van der Waals surface area contributed by atoms with E-state index in [9.17, 15) is 0 Å². The predicted molar refractivity (Wildman–Crippen MR) is 88.6 cm³/mol. The third-order valence-electron chi connectivity index (χ3n) is 4.23. The normalized spacial score (nSPS) is 18.8. The minimum absolute atomic E-state index is 0.158. The van der Waals surface area contributed by atoms with Crippen LogP contribution in [-0.4, -0.2) is 55.0 Å². The van der Waals surface area contributed by atoms with Gasteiger partial charge >= 0.3 is 0 Å². The molecule has 1 saturated heterocycles. The molecule has 24 heavy (non-hydrogen) atoms. The van der Waals surface area contributed by atoms with Crippen LogP contribution in [0.4, 0.5) is 0 Å². The van der Waals surface area contributed by atoms with Gasteiger partial charge in [0.05, 0.1) is 25.6 Å². The predicted octanol–water partition coefficient (Wildman–Crippen LogP) is 1.36. The van der Waals surface area contributed by atoms with E-state index >= 15 is 0 Å². The molecule has 0 spiro atoms. The number of hydrogen-bond acceptors (Lipinski definition) is 5. The Morgan fingerprint density at radius 2 is 2.04 bits per heavy atom. The van der Waals surface area contributed by atoms with Crippen molar-refractivity contribution >= 4 is 0 Å². The van der Waals surface area contributed by atoms with Crippen molar-refractivity contribution in [1.29, 1.82) is 0 Å². The van der Waals surface area contributed by atoms with Gasteiger partial charge in [-0.05, 0) is 17.7 Å². The Balaban J connectivity index is 1.36. The van der Waals surface area contributed by atoms with Gasteiger partial charge in [-0.15, -0.1) is 0 Å². The molecule has 0 saturated carbocycles. The average molecular weight is 324 g/mol. The number of imidazole rings is 1. The van der Waals surface area contributed by atoms with Crippen molar-refractivity contribution in [2.45, 2.75) is 19.2 Å². The van der Waals surface area contributed by atoms with Crippen LogP contribution in [0.5, 0.6) is 0 Å². The van der Waals surface area contributed by atoms with Crippen LogP contribution in [0.25, 0.3) is 5.69 Å². The zero-order valence-corrected chi connectivity index (χ0v) is 13.4. The minimum atomic E-state index is 0.158. The molecular weight excluding hydrogens is 304 g/mol. The molecule has 0 bridgehead atoms. The average Bonchev–Trinajstić information content (AvgIpc) is 3.29. The summed E-state index contributed by atoms with van der Waals surface area (Å²) in [5.41, 5.74) is 2.43. The smallest absolute Gasteiger partial charge is 0.137 e. The van der Waals surface area contributed by atoms with Crippen LogP contribution in [0.15, 0.2) is 55.6 Å². The lowest BCUT2D eigenvalue weighted by Crippen LogP contribution is -2.43. The lowest BCUT2D eigenvalue weighted by atomic mass is 10.1. The van der Waals surface area contributed by atoms with E-state index in [1.807, 2.05) is 21.8 Å². The van der Waals surface area contributed by atoms with Crippen LogP contribution in [-0.2, 0) is 17.8 Å². The molecule has 7 heteroatoms. The molecule has 124 valence electrons. The van der Waals surface area contributed by atoms with Crippen molar-refractivity contribution in [3.63, 3.8) is 0 Å². The number of rotatable bonds is 5. The Morgan fingerprint density at radius 1 is 1.12 bits per heavy atom. The maximum absolute atomic E-state index is 5.85. The van der Waals surface area contributed by atoms with Crippen molar-refractivity contribution in [3.8, 4) is 5.69 Å². The Bertz CT molecular complexity index is 738. The van der Waals surface area contributed by atoms with Crippen molar-refractivity contribution < 1.29 is 4.74 Å². The number of hydrogen-bond donors (Lipinski definition) is 0. The SMILES string of the molecule is c1cn(-c2ccc(CN3CCO[C@H](Cn4cncn4)C3)cc2)cn1. The number of aromatic nitrogens is 5. The number of nitrogens with zero attached hydrogens (tertiary/aromatic N) is 6. The van der Waals surface area contributed by atoms with Gasteiger partial charge in [-0.25, -0.2) is 9.97 Å². The number of ether oxygens (including phenoxy) is 1. The Kier molecular flexibility index (Phi) is 4.35. The molecule has 0 N–H and O–H groups in total. The van der Waals surface area contributed by atoms with Crippen molar-refractivity contribution in [3.05, 3.63) is 61.2 Å². The fourth-order valence-corrected chi connectivity index (χ4v) is 3.01. The van der Waals surface area contributed by atoms with E-state index in [-0.39, 0.29) is 6.10 Å². The summed E-state index contributed by atoms with van der Waals surface area (Å²) in [5, 5.41) is 4.15. The Morgan fingerprint density at radius 3 is 2.79 bits per heavy atom. The minimum Gasteiger partial charge on any atom is -0.374 e. The fourth-order valence-electron chi connectivity index (χ4n) is 3.01. The van der Waals surface area contributed by atoms with Gasteiger partial charge in [0.1, 0.15) is 12.7 Å². The number of benzene rings is 1. The highest BCUT2D eigenvalue weighted by molar-refractivity contribution is 5.34. The van der Waals surface area contributed by atoms with Crippen LogP contribution in [0.3, 0.4) is 0 Å². The van der Waals surface area contributed by atoms with Crippen LogP contribution in [0.1, 0.15) is 5.56 Å². The van der Waals surface area contributed by atoms with Gasteiger partial charge in [0.15, 0.2) is 0 Å². The molecule has 3 heterocycles. The van der Waals surface area contributed by atoms with Gasteiger partial charge in [-0.2, -0.15) is 5.10 Å². The first kappa shape index (κ1) is 15.0. The van der Waals surface area contributed by atoms with Gasteiger partial charge in [-0.3, -0.25) is 9.58 Å². The van der Waals surface area contributed by atoms with Crippen LogP contribution in [0, 0.1) is 0 Å². The van der Waals surface area contributed by atoms with E-state index in [4.69, 9.17) is 4.74 Å². The molecular formula is C17H20N6O. The lowest BCUT2D eigenvalue weighted by Gasteiger charge is -2.32. The fraction of sp³-hybridized carbons (Fsp3) is 0.353. The molecule has 1 aromatic carbocycles. The molecule has 7 nitrogen and oxygen atoms in total. The third kappa shape index (κ3) is 3.52. The summed E-state index contributed by atoms with van der Waals surface area (Å²) in [5.74, 6) is 0. The maximum atomic E-state index is 5.85. The molecule has 4 rings (SSSR count). The molecule has 1 aliphatic heterocycles. The summed E-state index contributed by atoms with van der Waals surface area (Å²) < 4.78 is 9.68. The maximum Gasteiger partial charge on any atom is 0.137 e. The summed E-state index contributed by atoms with van der Waals surface area (Å²) in [6.45, 7) is 4.30. The van der Waals surface area contributed by atoms with Gasteiger partial charge < -0.3 is 9.30 Å².